The van der Waals surface area contributed by atoms with Gasteiger partial charge in [0.25, 0.3) is 0 Å². The summed E-state index contributed by atoms with van der Waals surface area (Å²) in [6.07, 6.45) is 7.81. The van der Waals surface area contributed by atoms with Crippen LogP contribution < -0.4 is 0 Å². The lowest BCUT2D eigenvalue weighted by Crippen LogP contribution is -2.64. The molecule has 136 valence electrons. The SMILES string of the molecule is C=CCC1=C(C)[C@H]2C[C@](O[Si](C)(C)C)(CC(C)(CC=C)O2)C1(C)C. The average molecular weight is 349 g/mol. The van der Waals surface area contributed by atoms with Crippen LogP contribution in [-0.2, 0) is 9.16 Å². The van der Waals surface area contributed by atoms with Crippen molar-refractivity contribution in [1.29, 1.82) is 0 Å². The van der Waals surface area contributed by atoms with Crippen molar-refractivity contribution in [2.75, 3.05) is 0 Å². The van der Waals surface area contributed by atoms with E-state index in [2.05, 4.69) is 60.5 Å². The molecular formula is C21H36O2Si. The second kappa shape index (κ2) is 6.26. The monoisotopic (exact) mass is 348 g/mol. The zero-order chi connectivity index (χ0) is 18.4. The molecule has 0 saturated carbocycles. The summed E-state index contributed by atoms with van der Waals surface area (Å²) >= 11 is 0. The van der Waals surface area contributed by atoms with E-state index < -0.39 is 8.32 Å². The zero-order valence-corrected chi connectivity index (χ0v) is 17.8. The first kappa shape index (κ1) is 19.7. The summed E-state index contributed by atoms with van der Waals surface area (Å²) in [5, 5.41) is 0. The Balaban J connectivity index is 2.61. The highest BCUT2D eigenvalue weighted by Crippen LogP contribution is 2.59. The predicted octanol–water partition coefficient (Wildman–Crippen LogP) is 6.02. The first-order chi connectivity index (χ1) is 10.9. The molecule has 1 aliphatic carbocycles. The molecule has 24 heavy (non-hydrogen) atoms. The minimum absolute atomic E-state index is 0.0196. The third kappa shape index (κ3) is 3.36. The van der Waals surface area contributed by atoms with Crippen LogP contribution in [0.3, 0.4) is 0 Å². The molecule has 1 unspecified atom stereocenters. The highest BCUT2D eigenvalue weighted by molar-refractivity contribution is 6.69. The molecule has 1 heterocycles. The number of hydrogen-bond acceptors (Lipinski definition) is 2. The molecule has 1 fully saturated rings. The molecule has 0 spiro atoms. The minimum atomic E-state index is -1.71. The van der Waals surface area contributed by atoms with Gasteiger partial charge in [0.15, 0.2) is 8.32 Å². The molecule has 2 nitrogen and oxygen atoms in total. The van der Waals surface area contributed by atoms with Gasteiger partial charge in [-0.1, -0.05) is 31.6 Å². The molecule has 3 atom stereocenters. The van der Waals surface area contributed by atoms with Crippen molar-refractivity contribution < 1.29 is 9.16 Å². The van der Waals surface area contributed by atoms with Crippen LogP contribution in [0.4, 0.5) is 0 Å². The van der Waals surface area contributed by atoms with E-state index in [9.17, 15) is 0 Å². The molecule has 0 aromatic heterocycles. The summed E-state index contributed by atoms with van der Waals surface area (Å²) < 4.78 is 13.6. The van der Waals surface area contributed by atoms with Crippen LogP contribution in [0.15, 0.2) is 36.5 Å². The Morgan fingerprint density at radius 3 is 2.33 bits per heavy atom. The molecule has 2 rings (SSSR count). The van der Waals surface area contributed by atoms with Crippen LogP contribution in [0.5, 0.6) is 0 Å². The maximum absolute atomic E-state index is 6.98. The molecule has 0 radical (unpaired) electrons. The van der Waals surface area contributed by atoms with Gasteiger partial charge in [-0.2, -0.15) is 0 Å². The molecule has 0 amide bonds. The fourth-order valence-corrected chi connectivity index (χ4v) is 6.44. The molecule has 2 aliphatic rings. The minimum Gasteiger partial charge on any atom is -0.411 e. The van der Waals surface area contributed by atoms with E-state index in [1.54, 1.807) is 0 Å². The molecule has 0 N–H and O–H groups in total. The molecule has 1 saturated heterocycles. The largest absolute Gasteiger partial charge is 0.411 e. The van der Waals surface area contributed by atoms with Gasteiger partial charge in [0.2, 0.25) is 0 Å². The van der Waals surface area contributed by atoms with Gasteiger partial charge in [0.05, 0.1) is 17.3 Å². The van der Waals surface area contributed by atoms with Crippen LogP contribution in [0, 0.1) is 5.41 Å². The fraction of sp³-hybridized carbons (Fsp3) is 0.714. The smallest absolute Gasteiger partial charge is 0.184 e. The summed E-state index contributed by atoms with van der Waals surface area (Å²) in [4.78, 5) is 0. The maximum Gasteiger partial charge on any atom is 0.184 e. The summed E-state index contributed by atoms with van der Waals surface area (Å²) in [5.74, 6) is 0. The van der Waals surface area contributed by atoms with Gasteiger partial charge in [0.1, 0.15) is 0 Å². The maximum atomic E-state index is 6.98. The lowest BCUT2D eigenvalue weighted by molar-refractivity contribution is -0.208. The first-order valence-electron chi connectivity index (χ1n) is 9.20. The van der Waals surface area contributed by atoms with Gasteiger partial charge in [-0.15, -0.1) is 13.2 Å². The summed E-state index contributed by atoms with van der Waals surface area (Å²) in [6, 6.07) is 0. The number of ether oxygens (including phenoxy) is 1. The second-order valence-electron chi connectivity index (χ2n) is 9.42. The van der Waals surface area contributed by atoms with Gasteiger partial charge in [-0.3, -0.25) is 0 Å². The topological polar surface area (TPSA) is 18.5 Å². The molecular weight excluding hydrogens is 312 g/mol. The van der Waals surface area contributed by atoms with Gasteiger partial charge in [-0.05, 0) is 51.9 Å². The molecule has 0 aromatic carbocycles. The van der Waals surface area contributed by atoms with E-state index in [1.807, 2.05) is 12.2 Å². The Bertz CT molecular complexity index is 555. The number of rotatable bonds is 6. The van der Waals surface area contributed by atoms with Gasteiger partial charge in [-0.25, -0.2) is 0 Å². The number of hydrogen-bond donors (Lipinski definition) is 0. The molecule has 3 heteroatoms. The van der Waals surface area contributed by atoms with E-state index >= 15 is 0 Å². The zero-order valence-electron chi connectivity index (χ0n) is 16.8. The van der Waals surface area contributed by atoms with Crippen molar-refractivity contribution in [2.45, 2.75) is 90.3 Å². The van der Waals surface area contributed by atoms with Gasteiger partial charge in [0, 0.05) is 18.3 Å². The van der Waals surface area contributed by atoms with Crippen molar-refractivity contribution in [3.05, 3.63) is 36.5 Å². The average Bonchev–Trinajstić information content (AvgIpc) is 2.39. The van der Waals surface area contributed by atoms with Crippen molar-refractivity contribution in [1.82, 2.24) is 0 Å². The first-order valence-corrected chi connectivity index (χ1v) is 12.6. The van der Waals surface area contributed by atoms with Crippen molar-refractivity contribution in [3.63, 3.8) is 0 Å². The van der Waals surface area contributed by atoms with E-state index in [1.165, 1.54) is 11.1 Å². The highest BCUT2D eigenvalue weighted by Gasteiger charge is 2.60. The van der Waals surface area contributed by atoms with Crippen LogP contribution in [0.25, 0.3) is 0 Å². The normalized spacial score (nSPS) is 35.7. The lowest BCUT2D eigenvalue weighted by Gasteiger charge is -2.62. The van der Waals surface area contributed by atoms with Crippen LogP contribution >= 0.6 is 0 Å². The van der Waals surface area contributed by atoms with Gasteiger partial charge >= 0.3 is 0 Å². The van der Waals surface area contributed by atoms with Crippen molar-refractivity contribution in [2.24, 2.45) is 5.41 Å². The van der Waals surface area contributed by atoms with E-state index in [-0.39, 0.29) is 22.7 Å². The molecule has 2 bridgehead atoms. The molecule has 0 aromatic rings. The van der Waals surface area contributed by atoms with E-state index in [0.717, 1.165) is 25.7 Å². The Morgan fingerprint density at radius 1 is 1.21 bits per heavy atom. The second-order valence-corrected chi connectivity index (χ2v) is 13.8. The van der Waals surface area contributed by atoms with E-state index in [4.69, 9.17) is 9.16 Å². The van der Waals surface area contributed by atoms with Crippen LogP contribution in [0.1, 0.15) is 53.4 Å². The predicted molar refractivity (Wildman–Crippen MR) is 106 cm³/mol. The molecule has 1 aliphatic heterocycles. The Kier molecular flexibility index (Phi) is 5.13. The third-order valence-corrected chi connectivity index (χ3v) is 6.88. The lowest BCUT2D eigenvalue weighted by atomic mass is 9.56. The van der Waals surface area contributed by atoms with E-state index in [0.29, 0.717) is 0 Å². The Labute approximate surface area is 150 Å². The standard InChI is InChI=1S/C21H36O2Si/c1-10-12-17-16(3)18-14-21(19(17,4)5,23-24(7,8)9)15-20(6,22-18)13-11-2/h10-11,18H,1-2,12-15H2,3-9H3/t18-,20?,21+/m1/s1. The third-order valence-electron chi connectivity index (χ3n) is 5.88. The van der Waals surface area contributed by atoms with Crippen LogP contribution in [-0.4, -0.2) is 25.6 Å². The Hall–Kier alpha value is -0.643. The number of allylic oxidation sites excluding steroid dienone is 1. The highest BCUT2D eigenvalue weighted by atomic mass is 28.4. The summed E-state index contributed by atoms with van der Waals surface area (Å²) in [6.45, 7) is 24.0. The summed E-state index contributed by atoms with van der Waals surface area (Å²) in [7, 11) is -1.71. The van der Waals surface area contributed by atoms with Crippen molar-refractivity contribution in [3.8, 4) is 0 Å². The van der Waals surface area contributed by atoms with Crippen molar-refractivity contribution >= 4 is 8.32 Å². The Morgan fingerprint density at radius 2 is 1.83 bits per heavy atom. The fourth-order valence-electron chi connectivity index (χ4n) is 4.86. The number of fused-ring (bicyclic) bond motifs is 2. The quantitative estimate of drug-likeness (QED) is 0.431. The summed E-state index contributed by atoms with van der Waals surface area (Å²) in [5.41, 5.74) is 2.43. The van der Waals surface area contributed by atoms with Gasteiger partial charge < -0.3 is 9.16 Å². The van der Waals surface area contributed by atoms with Crippen LogP contribution in [0.2, 0.25) is 19.6 Å².